The first-order chi connectivity index (χ1) is 23.5. The van der Waals surface area contributed by atoms with Gasteiger partial charge < -0.3 is 15.0 Å². The van der Waals surface area contributed by atoms with Gasteiger partial charge in [0.15, 0.2) is 5.75 Å². The van der Waals surface area contributed by atoms with Crippen LogP contribution < -0.4 is 15.2 Å². The van der Waals surface area contributed by atoms with Crippen LogP contribution in [0.2, 0.25) is 15.1 Å². The lowest BCUT2D eigenvalue weighted by molar-refractivity contribution is -0.124. The molecule has 0 unspecified atom stereocenters. The molecule has 0 aromatic heterocycles. The molecule has 3 aromatic carbocycles. The highest BCUT2D eigenvalue weighted by molar-refractivity contribution is 7.89. The van der Waals surface area contributed by atoms with Crippen LogP contribution in [-0.4, -0.2) is 85.8 Å². The maximum atomic E-state index is 14.9. The molecule has 1 saturated heterocycles. The van der Waals surface area contributed by atoms with E-state index in [4.69, 9.17) is 49.7 Å². The molecule has 2 aliphatic rings. The first-order valence-electron chi connectivity index (χ1n) is 16.2. The number of carbonyl (C=O) groups excluding carboxylic acids is 2. The van der Waals surface area contributed by atoms with Gasteiger partial charge in [0.05, 0.1) is 29.8 Å². The number of urea groups is 1. The number of aryl methyl sites for hydroxylation is 1. The summed E-state index contributed by atoms with van der Waals surface area (Å²) in [7, 11) is -4.38. The van der Waals surface area contributed by atoms with E-state index >= 15 is 0 Å². The average molecular weight is 764 g/mol. The Morgan fingerprint density at radius 3 is 2.04 bits per heavy atom. The number of amides is 3. The van der Waals surface area contributed by atoms with Crippen molar-refractivity contribution in [2.24, 2.45) is 10.1 Å². The molecule has 268 valence electrons. The average Bonchev–Trinajstić information content (AvgIpc) is 3.42. The van der Waals surface area contributed by atoms with Crippen molar-refractivity contribution in [2.45, 2.75) is 57.1 Å². The number of ether oxygens (including phenoxy) is 1. The van der Waals surface area contributed by atoms with Gasteiger partial charge in [0.25, 0.3) is 0 Å². The van der Waals surface area contributed by atoms with Crippen molar-refractivity contribution in [3.63, 3.8) is 0 Å². The van der Waals surface area contributed by atoms with Gasteiger partial charge in [0.1, 0.15) is 16.8 Å². The molecular formula is C35H41Cl3N6O5S. The van der Waals surface area contributed by atoms with Crippen molar-refractivity contribution >= 4 is 62.6 Å². The molecule has 2 aliphatic heterocycles. The highest BCUT2D eigenvalue weighted by atomic mass is 35.5. The van der Waals surface area contributed by atoms with Gasteiger partial charge in [-0.15, -0.1) is 0 Å². The zero-order chi connectivity index (χ0) is 36.5. The maximum absolute atomic E-state index is 14.9. The molecule has 0 bridgehead atoms. The van der Waals surface area contributed by atoms with Gasteiger partial charge in [0, 0.05) is 41.8 Å². The zero-order valence-corrected chi connectivity index (χ0v) is 31.6. The number of piperazine rings is 1. The van der Waals surface area contributed by atoms with Gasteiger partial charge in [-0.2, -0.15) is 0 Å². The van der Waals surface area contributed by atoms with Crippen LogP contribution in [0, 0.1) is 6.92 Å². The number of nitrogens with two attached hydrogens (primary N) is 1. The van der Waals surface area contributed by atoms with Crippen LogP contribution in [-0.2, 0) is 14.8 Å². The van der Waals surface area contributed by atoms with Crippen molar-refractivity contribution in [3.8, 4) is 5.75 Å². The lowest BCUT2D eigenvalue weighted by Gasteiger charge is -2.39. The number of amidine groups is 1. The fourth-order valence-electron chi connectivity index (χ4n) is 6.22. The van der Waals surface area contributed by atoms with Gasteiger partial charge in [-0.05, 0) is 81.6 Å². The van der Waals surface area contributed by atoms with Crippen LogP contribution >= 0.6 is 34.8 Å². The zero-order valence-electron chi connectivity index (χ0n) is 28.5. The molecule has 50 heavy (non-hydrogen) atoms. The number of rotatable bonds is 8. The second-order valence-electron chi connectivity index (χ2n) is 13.4. The van der Waals surface area contributed by atoms with Gasteiger partial charge in [-0.3, -0.25) is 19.6 Å². The van der Waals surface area contributed by atoms with Gasteiger partial charge in [0.2, 0.25) is 15.9 Å². The Labute approximate surface area is 308 Å². The molecule has 2 atom stereocenters. The number of aliphatic imine (C=N–C) groups is 1. The molecule has 0 saturated carbocycles. The minimum absolute atomic E-state index is 0.0775. The van der Waals surface area contributed by atoms with Crippen LogP contribution in [0.25, 0.3) is 0 Å². The van der Waals surface area contributed by atoms with Crippen LogP contribution in [0.1, 0.15) is 62.0 Å². The number of halogens is 3. The highest BCUT2D eigenvalue weighted by Gasteiger charge is 2.46. The molecule has 0 radical (unpaired) electrons. The van der Waals surface area contributed by atoms with E-state index in [2.05, 4.69) is 5.32 Å². The largest absolute Gasteiger partial charge is 0.492 e. The molecule has 3 amide bonds. The number of sulfonamides is 1. The van der Waals surface area contributed by atoms with E-state index in [1.165, 1.54) is 0 Å². The van der Waals surface area contributed by atoms with Crippen molar-refractivity contribution in [2.75, 3.05) is 39.3 Å². The van der Waals surface area contributed by atoms with E-state index in [9.17, 15) is 18.0 Å². The number of primary sulfonamides is 1. The third kappa shape index (κ3) is 8.38. The van der Waals surface area contributed by atoms with Crippen molar-refractivity contribution in [1.29, 1.82) is 0 Å². The Bertz CT molecular complexity index is 1890. The SMILES string of the molecule is CCOc1c(C2=N[C@@H](c3ccc(Cl)cc3)[C@@H](c3ccc(Cl)cc3)N2C(=O)N2CCN(CC(=O)NC(C)(C)C)CC2)cc(C)c(Cl)c1S(N)(=O)=O. The summed E-state index contributed by atoms with van der Waals surface area (Å²) in [5.74, 6) is 0.00510. The lowest BCUT2D eigenvalue weighted by atomic mass is 9.93. The summed E-state index contributed by atoms with van der Waals surface area (Å²) in [6, 6.07) is 14.3. The summed E-state index contributed by atoms with van der Waals surface area (Å²) >= 11 is 19.1. The van der Waals surface area contributed by atoms with E-state index in [1.54, 1.807) is 54.0 Å². The third-order valence-corrected chi connectivity index (χ3v) is 10.5. The lowest BCUT2D eigenvalue weighted by Crippen LogP contribution is -2.56. The second kappa shape index (κ2) is 15.1. The number of carbonyl (C=O) groups is 2. The van der Waals surface area contributed by atoms with Gasteiger partial charge in [-0.25, -0.2) is 18.4 Å². The van der Waals surface area contributed by atoms with E-state index in [1.807, 2.05) is 49.9 Å². The van der Waals surface area contributed by atoms with Crippen molar-refractivity contribution < 1.29 is 22.7 Å². The summed E-state index contributed by atoms with van der Waals surface area (Å²) in [5.41, 5.74) is 1.81. The van der Waals surface area contributed by atoms with Crippen LogP contribution in [0.15, 0.2) is 64.5 Å². The van der Waals surface area contributed by atoms with E-state index in [-0.39, 0.29) is 57.7 Å². The van der Waals surface area contributed by atoms with Gasteiger partial charge >= 0.3 is 6.03 Å². The molecule has 1 fully saturated rings. The number of hydrogen-bond acceptors (Lipinski definition) is 7. The van der Waals surface area contributed by atoms with Crippen LogP contribution in [0.4, 0.5) is 4.79 Å². The van der Waals surface area contributed by atoms with Gasteiger partial charge in [-0.1, -0.05) is 59.1 Å². The Morgan fingerprint density at radius 1 is 0.960 bits per heavy atom. The summed E-state index contributed by atoms with van der Waals surface area (Å²) in [6.07, 6.45) is 0. The topological polar surface area (TPSA) is 138 Å². The fraction of sp³-hybridized carbons (Fsp3) is 0.400. The normalized spacial score (nSPS) is 18.6. The Morgan fingerprint density at radius 2 is 1.52 bits per heavy atom. The first-order valence-corrected chi connectivity index (χ1v) is 18.9. The molecule has 5 rings (SSSR count). The summed E-state index contributed by atoms with van der Waals surface area (Å²) in [5, 5.41) is 9.66. The minimum atomic E-state index is -4.38. The van der Waals surface area contributed by atoms with Crippen molar-refractivity contribution in [3.05, 3.63) is 91.9 Å². The number of benzene rings is 3. The molecule has 3 aromatic rings. The number of hydrogen-bond donors (Lipinski definition) is 2. The van der Waals surface area contributed by atoms with E-state index < -0.39 is 22.1 Å². The predicted octanol–water partition coefficient (Wildman–Crippen LogP) is 6.20. The van der Waals surface area contributed by atoms with Crippen molar-refractivity contribution in [1.82, 2.24) is 20.0 Å². The minimum Gasteiger partial charge on any atom is -0.492 e. The quantitative estimate of drug-likeness (QED) is 0.281. The molecule has 11 nitrogen and oxygen atoms in total. The van der Waals surface area contributed by atoms with E-state index in [0.717, 1.165) is 11.1 Å². The Hall–Kier alpha value is -3.39. The maximum Gasteiger partial charge on any atom is 0.326 e. The van der Waals surface area contributed by atoms with E-state index in [0.29, 0.717) is 41.8 Å². The molecule has 2 heterocycles. The summed E-state index contributed by atoms with van der Waals surface area (Å²) in [4.78, 5) is 37.6. The molecule has 0 aliphatic carbocycles. The standard InChI is InChI=1S/C35H41Cl3N6O5S/c1-6-49-31-26(19-21(2)28(38)32(31)50(39,47)48)33-40-29(22-7-11-24(36)12-8-22)30(23-9-13-25(37)14-10-23)44(33)34(46)43-17-15-42(16-18-43)20-27(45)41-35(3,4)5/h7-14,19,29-30H,6,15-18,20H2,1-5H3,(H,41,45)(H2,39,47,48)/t29-,30+/m0/s1. The molecule has 3 N–H and O–H groups in total. The Balaban J connectivity index is 1.64. The fourth-order valence-corrected chi connectivity index (χ4v) is 7.77. The highest BCUT2D eigenvalue weighted by Crippen LogP contribution is 2.47. The third-order valence-electron chi connectivity index (χ3n) is 8.39. The second-order valence-corrected chi connectivity index (χ2v) is 16.1. The number of nitrogens with zero attached hydrogens (tertiary/aromatic N) is 4. The van der Waals surface area contributed by atoms with Crippen LogP contribution in [0.5, 0.6) is 5.75 Å². The first kappa shape index (κ1) is 37.9. The summed E-state index contributed by atoms with van der Waals surface area (Å²) < 4.78 is 31.9. The summed E-state index contributed by atoms with van der Waals surface area (Å²) in [6.45, 7) is 11.0. The molecule has 0 spiro atoms. The smallest absolute Gasteiger partial charge is 0.326 e. The Kier molecular flexibility index (Phi) is 11.4. The van der Waals surface area contributed by atoms with Crippen LogP contribution in [0.3, 0.4) is 0 Å². The predicted molar refractivity (Wildman–Crippen MR) is 197 cm³/mol. The number of nitrogens with one attached hydrogen (secondary N) is 1. The molecular weight excluding hydrogens is 723 g/mol. The molecule has 15 heteroatoms. The monoisotopic (exact) mass is 762 g/mol.